The maximum absolute atomic E-state index is 11.0. The average Bonchev–Trinajstić information content (AvgIpc) is 2.59. The maximum Gasteiger partial charge on any atom is 0.306 e. The zero-order valence-electron chi connectivity index (χ0n) is 8.51. The quantitative estimate of drug-likeness (QED) is 0.648. The molecule has 0 amide bonds. The maximum atomic E-state index is 11.0. The Balaban J connectivity index is 2.06. The van der Waals surface area contributed by atoms with Crippen LogP contribution in [0.15, 0.2) is 0 Å². The Hall–Kier alpha value is -1.10. The summed E-state index contributed by atoms with van der Waals surface area (Å²) < 4.78 is 10.2. The van der Waals surface area contributed by atoms with E-state index < -0.39 is 0 Å². The van der Waals surface area contributed by atoms with Crippen LogP contribution in [0, 0.1) is 11.8 Å². The number of fused-ring (bicyclic) bond motifs is 1. The molecule has 84 valence electrons. The Morgan fingerprint density at radius 2 is 2.40 bits per heavy atom. The largest absolute Gasteiger partial charge is 0.462 e. The fraction of sp³-hybridized carbons (Fsp3) is 0.800. The normalized spacial score (nSPS) is 38.7. The molecule has 0 bridgehead atoms. The molecule has 5 nitrogen and oxygen atoms in total. The standard InChI is InChI=1S/C10H14O5/c1-5(12)14-9-3-8-6(7(9)4-11)2-10(13)15-8/h6-9,11H,2-4H2,1H3. The van der Waals surface area contributed by atoms with Gasteiger partial charge in [-0.1, -0.05) is 0 Å². The predicted molar refractivity (Wildman–Crippen MR) is 48.7 cm³/mol. The van der Waals surface area contributed by atoms with Gasteiger partial charge in [0, 0.05) is 31.8 Å². The molecule has 2 rings (SSSR count). The Morgan fingerprint density at radius 3 is 3.00 bits per heavy atom. The Labute approximate surface area is 87.4 Å². The second-order valence-electron chi connectivity index (χ2n) is 4.13. The number of aliphatic hydroxyl groups is 1. The Morgan fingerprint density at radius 1 is 1.67 bits per heavy atom. The minimum absolute atomic E-state index is 0.00634. The average molecular weight is 214 g/mol. The molecule has 1 aliphatic heterocycles. The van der Waals surface area contributed by atoms with E-state index in [2.05, 4.69) is 0 Å². The van der Waals surface area contributed by atoms with Crippen molar-refractivity contribution in [3.05, 3.63) is 0 Å². The number of esters is 2. The molecule has 15 heavy (non-hydrogen) atoms. The third-order valence-corrected chi connectivity index (χ3v) is 3.18. The summed E-state index contributed by atoms with van der Waals surface area (Å²) in [5.74, 6) is -0.730. The van der Waals surface area contributed by atoms with Crippen LogP contribution in [0.3, 0.4) is 0 Å². The van der Waals surface area contributed by atoms with E-state index in [1.165, 1.54) is 6.92 Å². The number of aliphatic hydroxyl groups excluding tert-OH is 1. The van der Waals surface area contributed by atoms with Gasteiger partial charge in [-0.3, -0.25) is 9.59 Å². The van der Waals surface area contributed by atoms with E-state index in [0.29, 0.717) is 12.8 Å². The van der Waals surface area contributed by atoms with Gasteiger partial charge in [-0.25, -0.2) is 0 Å². The first-order valence-electron chi connectivity index (χ1n) is 5.09. The van der Waals surface area contributed by atoms with E-state index in [1.54, 1.807) is 0 Å². The highest BCUT2D eigenvalue weighted by Gasteiger charge is 2.51. The topological polar surface area (TPSA) is 72.8 Å². The van der Waals surface area contributed by atoms with Crippen molar-refractivity contribution in [1.82, 2.24) is 0 Å². The van der Waals surface area contributed by atoms with Crippen LogP contribution in [0.25, 0.3) is 0 Å². The molecule has 2 aliphatic rings. The minimum atomic E-state index is -0.357. The summed E-state index contributed by atoms with van der Waals surface area (Å²) >= 11 is 0. The van der Waals surface area contributed by atoms with E-state index >= 15 is 0 Å². The first-order valence-corrected chi connectivity index (χ1v) is 5.09. The Bertz CT molecular complexity index is 288. The van der Waals surface area contributed by atoms with Gasteiger partial charge in [0.05, 0.1) is 6.42 Å². The first-order chi connectivity index (χ1) is 7.11. The highest BCUT2D eigenvalue weighted by molar-refractivity contribution is 5.72. The molecular formula is C10H14O5. The lowest BCUT2D eigenvalue weighted by molar-refractivity contribution is -0.150. The highest BCUT2D eigenvalue weighted by atomic mass is 16.6. The smallest absolute Gasteiger partial charge is 0.306 e. The van der Waals surface area contributed by atoms with Gasteiger partial charge in [0.2, 0.25) is 0 Å². The third-order valence-electron chi connectivity index (χ3n) is 3.18. The zero-order valence-corrected chi connectivity index (χ0v) is 8.51. The van der Waals surface area contributed by atoms with Gasteiger partial charge in [0.1, 0.15) is 12.2 Å². The molecule has 4 atom stereocenters. The molecule has 1 aliphatic carbocycles. The van der Waals surface area contributed by atoms with Crippen LogP contribution in [0.4, 0.5) is 0 Å². The molecule has 1 saturated carbocycles. The summed E-state index contributed by atoms with van der Waals surface area (Å²) in [5.41, 5.74) is 0. The first kappa shape index (κ1) is 10.4. The van der Waals surface area contributed by atoms with Crippen molar-refractivity contribution in [3.8, 4) is 0 Å². The lowest BCUT2D eigenvalue weighted by atomic mass is 9.93. The summed E-state index contributed by atoms with van der Waals surface area (Å²) in [4.78, 5) is 21.9. The van der Waals surface area contributed by atoms with Crippen LogP contribution in [0.5, 0.6) is 0 Å². The minimum Gasteiger partial charge on any atom is -0.462 e. The highest BCUT2D eigenvalue weighted by Crippen LogP contribution is 2.42. The van der Waals surface area contributed by atoms with Gasteiger partial charge in [0.15, 0.2) is 0 Å². The lowest BCUT2D eigenvalue weighted by Crippen LogP contribution is -2.27. The predicted octanol–water partition coefficient (Wildman–Crippen LogP) is -0.138. The van der Waals surface area contributed by atoms with Crippen molar-refractivity contribution in [2.24, 2.45) is 11.8 Å². The molecule has 4 unspecified atom stereocenters. The van der Waals surface area contributed by atoms with Crippen LogP contribution in [-0.4, -0.2) is 35.9 Å². The van der Waals surface area contributed by atoms with E-state index in [0.717, 1.165) is 0 Å². The number of hydrogen-bond donors (Lipinski definition) is 1. The molecule has 5 heteroatoms. The number of carbonyl (C=O) groups is 2. The number of rotatable bonds is 2. The van der Waals surface area contributed by atoms with Crippen molar-refractivity contribution in [3.63, 3.8) is 0 Å². The molecule has 0 radical (unpaired) electrons. The van der Waals surface area contributed by atoms with Crippen LogP contribution < -0.4 is 0 Å². The van der Waals surface area contributed by atoms with Crippen LogP contribution in [-0.2, 0) is 19.1 Å². The summed E-state index contributed by atoms with van der Waals surface area (Å²) in [6.07, 6.45) is 0.351. The van der Waals surface area contributed by atoms with Crippen molar-refractivity contribution in [1.29, 1.82) is 0 Å². The summed E-state index contributed by atoms with van der Waals surface area (Å²) in [7, 11) is 0. The summed E-state index contributed by atoms with van der Waals surface area (Å²) in [5, 5.41) is 9.22. The Kier molecular flexibility index (Phi) is 2.65. The SMILES string of the molecule is CC(=O)OC1CC2OC(=O)CC2C1CO. The molecular weight excluding hydrogens is 200 g/mol. The van der Waals surface area contributed by atoms with Gasteiger partial charge in [-0.15, -0.1) is 0 Å². The van der Waals surface area contributed by atoms with Crippen molar-refractivity contribution in [2.45, 2.75) is 32.0 Å². The second kappa shape index (κ2) is 3.81. The third kappa shape index (κ3) is 1.84. The second-order valence-corrected chi connectivity index (χ2v) is 4.13. The molecule has 0 aromatic carbocycles. The number of hydrogen-bond acceptors (Lipinski definition) is 5. The van der Waals surface area contributed by atoms with Crippen molar-refractivity contribution in [2.75, 3.05) is 6.61 Å². The van der Waals surface area contributed by atoms with Gasteiger partial charge in [-0.2, -0.15) is 0 Å². The van der Waals surface area contributed by atoms with E-state index in [9.17, 15) is 14.7 Å². The van der Waals surface area contributed by atoms with E-state index in [4.69, 9.17) is 9.47 Å². The van der Waals surface area contributed by atoms with Gasteiger partial charge in [-0.05, 0) is 0 Å². The molecule has 0 spiro atoms. The van der Waals surface area contributed by atoms with Crippen LogP contribution in [0.1, 0.15) is 19.8 Å². The fourth-order valence-corrected chi connectivity index (χ4v) is 2.56. The number of ether oxygens (including phenoxy) is 2. The van der Waals surface area contributed by atoms with Gasteiger partial charge >= 0.3 is 11.9 Å². The summed E-state index contributed by atoms with van der Waals surface area (Å²) in [6.45, 7) is 1.27. The van der Waals surface area contributed by atoms with E-state index in [-0.39, 0.29) is 42.6 Å². The van der Waals surface area contributed by atoms with Gasteiger partial charge < -0.3 is 14.6 Å². The molecule has 1 heterocycles. The number of carbonyl (C=O) groups excluding carboxylic acids is 2. The molecule has 1 saturated heterocycles. The monoisotopic (exact) mass is 214 g/mol. The van der Waals surface area contributed by atoms with Crippen LogP contribution >= 0.6 is 0 Å². The summed E-state index contributed by atoms with van der Waals surface area (Å²) in [6, 6.07) is 0. The zero-order chi connectivity index (χ0) is 11.0. The van der Waals surface area contributed by atoms with Crippen molar-refractivity contribution < 1.29 is 24.2 Å². The lowest BCUT2D eigenvalue weighted by Gasteiger charge is -2.19. The van der Waals surface area contributed by atoms with Gasteiger partial charge in [0.25, 0.3) is 0 Å². The molecule has 2 fully saturated rings. The van der Waals surface area contributed by atoms with E-state index in [1.807, 2.05) is 0 Å². The molecule has 0 aromatic rings. The van der Waals surface area contributed by atoms with Crippen molar-refractivity contribution >= 4 is 11.9 Å². The molecule has 1 N–H and O–H groups in total. The fourth-order valence-electron chi connectivity index (χ4n) is 2.56. The molecule has 0 aromatic heterocycles. The van der Waals surface area contributed by atoms with Crippen LogP contribution in [0.2, 0.25) is 0 Å².